The third-order valence-corrected chi connectivity index (χ3v) is 12.6. The first kappa shape index (κ1) is 41.1. The molecule has 3 aromatic carbocycles. The number of fused-ring (bicyclic) bond motifs is 2. The number of amides is 4. The summed E-state index contributed by atoms with van der Waals surface area (Å²) in [5, 5.41) is 11.4. The van der Waals surface area contributed by atoms with Gasteiger partial charge in [0.15, 0.2) is 5.65 Å². The van der Waals surface area contributed by atoms with E-state index in [1.165, 1.54) is 25.6 Å². The first-order chi connectivity index (χ1) is 30.3. The number of benzene rings is 3. The molecule has 16 nitrogen and oxygen atoms in total. The monoisotopic (exact) mass is 839 g/mol. The first-order valence-corrected chi connectivity index (χ1v) is 21.9. The maximum absolute atomic E-state index is 13.1. The van der Waals surface area contributed by atoms with Crippen LogP contribution in [0.1, 0.15) is 71.7 Å². The van der Waals surface area contributed by atoms with Gasteiger partial charge in [0.2, 0.25) is 11.8 Å². The number of aromatic nitrogens is 4. The summed E-state index contributed by atoms with van der Waals surface area (Å²) in [5.41, 5.74) is 10.4. The van der Waals surface area contributed by atoms with Gasteiger partial charge >= 0.3 is 0 Å². The number of carbonyl (C=O) groups excluding carboxylic acids is 4. The number of nitrogen functional groups attached to an aromatic ring is 1. The van der Waals surface area contributed by atoms with Gasteiger partial charge in [-0.05, 0) is 73.9 Å². The van der Waals surface area contributed by atoms with Gasteiger partial charge in [0.1, 0.15) is 35.4 Å². The Kier molecular flexibility index (Phi) is 12.2. The largest absolute Gasteiger partial charge is 0.457 e. The number of hydrogen-bond donors (Lipinski definition) is 3. The molecule has 4 fully saturated rings. The number of ether oxygens (including phenoxy) is 1. The van der Waals surface area contributed by atoms with Crippen molar-refractivity contribution in [1.82, 2.24) is 45.1 Å². The topological polar surface area (TPSA) is 184 Å². The Bertz CT molecular complexity index is 2420. The minimum absolute atomic E-state index is 0.119. The van der Waals surface area contributed by atoms with Crippen molar-refractivity contribution >= 4 is 46.2 Å². The van der Waals surface area contributed by atoms with Crippen molar-refractivity contribution in [2.24, 2.45) is 0 Å². The normalized spacial score (nSPS) is 20.2. The van der Waals surface area contributed by atoms with Crippen LogP contribution in [0.25, 0.3) is 22.3 Å². The van der Waals surface area contributed by atoms with Crippen LogP contribution in [0.5, 0.6) is 11.5 Å². The molecule has 1 atom stereocenters. The molecule has 4 amide bonds. The third-order valence-electron chi connectivity index (χ3n) is 12.6. The number of piperidine rings is 1. The summed E-state index contributed by atoms with van der Waals surface area (Å²) in [6, 6.07) is 22.5. The average Bonchev–Trinajstić information content (AvgIpc) is 3.82. The molecule has 3 saturated heterocycles. The number of imide groups is 2. The van der Waals surface area contributed by atoms with Gasteiger partial charge in [-0.3, -0.25) is 39.2 Å². The number of carbonyl (C=O) groups is 4. The Labute approximate surface area is 360 Å². The predicted octanol–water partition coefficient (Wildman–Crippen LogP) is 4.49. The predicted molar refractivity (Wildman–Crippen MR) is 235 cm³/mol. The molecule has 4 aliphatic heterocycles. The summed E-state index contributed by atoms with van der Waals surface area (Å²) >= 11 is 0. The van der Waals surface area contributed by atoms with Crippen LogP contribution in [0.2, 0.25) is 0 Å². The Morgan fingerprint density at radius 3 is 2.15 bits per heavy atom. The zero-order valence-electron chi connectivity index (χ0n) is 34.9. The summed E-state index contributed by atoms with van der Waals surface area (Å²) in [6.07, 6.45) is 7.82. The van der Waals surface area contributed by atoms with Gasteiger partial charge in [0.25, 0.3) is 11.8 Å². The van der Waals surface area contributed by atoms with E-state index in [0.29, 0.717) is 23.0 Å². The molecule has 62 heavy (non-hydrogen) atoms. The summed E-state index contributed by atoms with van der Waals surface area (Å²) in [7, 11) is 0. The second-order valence-electron chi connectivity index (χ2n) is 16.6. The van der Waals surface area contributed by atoms with E-state index in [1.807, 2.05) is 60.7 Å². The van der Waals surface area contributed by atoms with E-state index >= 15 is 0 Å². The zero-order chi connectivity index (χ0) is 42.6. The van der Waals surface area contributed by atoms with E-state index in [-0.39, 0.29) is 18.7 Å². The lowest BCUT2D eigenvalue weighted by Gasteiger charge is -2.37. The number of piperazine rings is 2. The maximum Gasteiger partial charge on any atom is 0.262 e. The van der Waals surface area contributed by atoms with Gasteiger partial charge in [0, 0.05) is 83.1 Å². The van der Waals surface area contributed by atoms with Gasteiger partial charge in [-0.25, -0.2) is 14.6 Å². The highest BCUT2D eigenvalue weighted by atomic mass is 16.5. The quantitative estimate of drug-likeness (QED) is 0.177. The fourth-order valence-electron chi connectivity index (χ4n) is 9.19. The van der Waals surface area contributed by atoms with Crippen molar-refractivity contribution < 1.29 is 23.9 Å². The van der Waals surface area contributed by atoms with Crippen LogP contribution < -0.4 is 26.0 Å². The molecular formula is C46H53N11O5. The second kappa shape index (κ2) is 18.4. The number of para-hydroxylation sites is 1. The molecule has 0 radical (unpaired) electrons. The fraction of sp³-hybridized carbons (Fsp3) is 0.413. The van der Waals surface area contributed by atoms with Crippen LogP contribution >= 0.6 is 0 Å². The summed E-state index contributed by atoms with van der Waals surface area (Å²) in [5.74, 6) is 0.178. The minimum atomic E-state index is -0.933. The van der Waals surface area contributed by atoms with Gasteiger partial charge < -0.3 is 20.7 Å². The van der Waals surface area contributed by atoms with Gasteiger partial charge in [-0.15, -0.1) is 0 Å². The molecule has 10 rings (SSSR count). The molecule has 1 aliphatic carbocycles. The summed E-state index contributed by atoms with van der Waals surface area (Å²) in [4.78, 5) is 66.6. The van der Waals surface area contributed by atoms with E-state index in [9.17, 15) is 19.2 Å². The van der Waals surface area contributed by atoms with Crippen molar-refractivity contribution in [2.45, 2.75) is 57.0 Å². The molecule has 16 heteroatoms. The van der Waals surface area contributed by atoms with Crippen molar-refractivity contribution in [3.05, 3.63) is 90.3 Å². The Balaban J connectivity index is 0.000000159. The molecule has 0 bridgehead atoms. The number of nitrogens with two attached hydrogens (primary N) is 1. The first-order valence-electron chi connectivity index (χ1n) is 21.9. The maximum atomic E-state index is 13.1. The van der Waals surface area contributed by atoms with Crippen LogP contribution in [0.15, 0.2) is 79.1 Å². The molecule has 2 aromatic heterocycles. The molecule has 1 unspecified atom stereocenters. The molecule has 322 valence electrons. The Morgan fingerprint density at radius 1 is 0.726 bits per heavy atom. The standard InChI is InChI=1S/C23H30N6O4.C23H23N5O/c30-20-4-3-19(21(31)25-20)29-22(32)17-2-1-16(15-18(17)23(29)33)28-13-11-27(12-14-28)10-9-26-7-5-24-6-8-26;24-22-20-21(16-11-13-19(14-12-16)29-18-9-5-2-6-10-18)27-28(23(20)26-15-25-22)17-7-3-1-4-8-17/h1-2,15,19,24H,3-14H2,(H,25,30,31);2,5-6,9-15,17H,1,3-4,7-8H2,(H2,24,25,26). The fourth-order valence-corrected chi connectivity index (χ4v) is 9.19. The highest BCUT2D eigenvalue weighted by Gasteiger charge is 2.45. The van der Waals surface area contributed by atoms with E-state index in [0.717, 1.165) is 123 Å². The van der Waals surface area contributed by atoms with Gasteiger partial charge in [-0.1, -0.05) is 37.5 Å². The number of nitrogens with one attached hydrogen (secondary N) is 2. The second-order valence-corrected chi connectivity index (χ2v) is 16.6. The molecule has 4 N–H and O–H groups in total. The van der Waals surface area contributed by atoms with E-state index < -0.39 is 23.8 Å². The smallest absolute Gasteiger partial charge is 0.262 e. The lowest BCUT2D eigenvalue weighted by Crippen LogP contribution is -2.54. The Hall–Kier alpha value is -6.23. The number of hydrogen-bond acceptors (Lipinski definition) is 13. The molecule has 0 spiro atoms. The van der Waals surface area contributed by atoms with Crippen LogP contribution in [-0.2, 0) is 9.59 Å². The lowest BCUT2D eigenvalue weighted by molar-refractivity contribution is -0.136. The Morgan fingerprint density at radius 2 is 1.42 bits per heavy atom. The minimum Gasteiger partial charge on any atom is -0.457 e. The molecule has 6 heterocycles. The number of rotatable bonds is 9. The van der Waals surface area contributed by atoms with E-state index in [4.69, 9.17) is 15.6 Å². The molecular weight excluding hydrogens is 787 g/mol. The van der Waals surface area contributed by atoms with Crippen molar-refractivity contribution in [3.8, 4) is 22.8 Å². The van der Waals surface area contributed by atoms with Crippen molar-refractivity contribution in [1.29, 1.82) is 0 Å². The lowest BCUT2D eigenvalue weighted by atomic mass is 9.96. The number of anilines is 2. The summed E-state index contributed by atoms with van der Waals surface area (Å²) in [6.45, 7) is 10.1. The molecule has 5 aliphatic rings. The van der Waals surface area contributed by atoms with Crippen LogP contribution in [0.3, 0.4) is 0 Å². The highest BCUT2D eigenvalue weighted by molar-refractivity contribution is 6.23. The van der Waals surface area contributed by atoms with Crippen LogP contribution in [0.4, 0.5) is 11.5 Å². The third kappa shape index (κ3) is 8.76. The van der Waals surface area contributed by atoms with Crippen LogP contribution in [-0.4, -0.2) is 130 Å². The van der Waals surface area contributed by atoms with E-state index in [1.54, 1.807) is 12.1 Å². The highest BCUT2D eigenvalue weighted by Crippen LogP contribution is 2.37. The number of nitrogens with zero attached hydrogens (tertiary/aromatic N) is 8. The molecule has 5 aromatic rings. The van der Waals surface area contributed by atoms with Crippen molar-refractivity contribution in [2.75, 3.05) is 76.1 Å². The van der Waals surface area contributed by atoms with Gasteiger partial charge in [0.05, 0.1) is 22.6 Å². The summed E-state index contributed by atoms with van der Waals surface area (Å²) < 4.78 is 7.97. The van der Waals surface area contributed by atoms with Gasteiger partial charge in [-0.2, -0.15) is 5.10 Å². The van der Waals surface area contributed by atoms with E-state index in [2.05, 4.69) is 40.0 Å². The SMILES string of the molecule is Nc1ncnc2c1c(-c1ccc(Oc3ccccc3)cc1)nn2C1CCCCC1.O=C1CCC(N2C(=O)c3ccc(N4CCN(CCN5CCNCC5)CC4)cc3C2=O)C(=O)N1. The van der Waals surface area contributed by atoms with Crippen LogP contribution in [0, 0.1) is 0 Å². The molecule has 1 saturated carbocycles. The zero-order valence-corrected chi connectivity index (χ0v) is 34.9. The van der Waals surface area contributed by atoms with Crippen molar-refractivity contribution in [3.63, 3.8) is 0 Å². The average molecular weight is 840 g/mol.